The topological polar surface area (TPSA) is 125 Å². The van der Waals surface area contributed by atoms with Crippen LogP contribution in [0.5, 0.6) is 0 Å². The summed E-state index contributed by atoms with van der Waals surface area (Å²) in [7, 11) is 0. The van der Waals surface area contributed by atoms with E-state index >= 15 is 0 Å². The average molecular weight is 345 g/mol. The Bertz CT molecular complexity index is 605. The highest BCUT2D eigenvalue weighted by Crippen LogP contribution is 2.43. The number of hydrogen-bond acceptors (Lipinski definition) is 8. The zero-order valence-corrected chi connectivity index (χ0v) is 13.0. The van der Waals surface area contributed by atoms with Gasteiger partial charge in [-0.3, -0.25) is 9.69 Å². The molecule has 8 nitrogen and oxygen atoms in total. The number of thioether (sulfide) groups is 3. The number of amides is 1. The first-order valence-electron chi connectivity index (χ1n) is 5.87. The standard InChI is InChI=1S/C10H11N5O3S3/c11-6-8(16)15-7(10(17)18)4(2-19-9(6)15)20-3-21-5-1-12-14-13-5/h1,6,9H,2-3,11H2,(H,17,18)(H,12,13,14)/t6?,9-/m0/s1. The molecule has 0 aliphatic carbocycles. The van der Waals surface area contributed by atoms with Gasteiger partial charge in [-0.1, -0.05) is 11.8 Å². The largest absolute Gasteiger partial charge is 0.477 e. The Balaban J connectivity index is 1.72. The zero-order chi connectivity index (χ0) is 15.0. The van der Waals surface area contributed by atoms with Crippen molar-refractivity contribution < 1.29 is 14.7 Å². The molecule has 1 aromatic rings. The molecule has 1 amide bonds. The Morgan fingerprint density at radius 2 is 2.43 bits per heavy atom. The Hall–Kier alpha value is -1.17. The van der Waals surface area contributed by atoms with E-state index in [9.17, 15) is 14.7 Å². The van der Waals surface area contributed by atoms with Crippen LogP contribution in [0.2, 0.25) is 0 Å². The number of nitrogens with two attached hydrogens (primary N) is 1. The fourth-order valence-electron chi connectivity index (χ4n) is 2.02. The van der Waals surface area contributed by atoms with Gasteiger partial charge in [-0.15, -0.1) is 28.6 Å². The van der Waals surface area contributed by atoms with E-state index in [1.807, 2.05) is 0 Å². The van der Waals surface area contributed by atoms with Gasteiger partial charge in [0.2, 0.25) is 5.91 Å². The molecule has 2 aliphatic rings. The molecular weight excluding hydrogens is 334 g/mol. The molecule has 21 heavy (non-hydrogen) atoms. The molecule has 1 fully saturated rings. The van der Waals surface area contributed by atoms with E-state index in [-0.39, 0.29) is 17.0 Å². The number of H-pyrrole nitrogens is 1. The molecule has 2 atom stereocenters. The fourth-order valence-corrected chi connectivity index (χ4v) is 5.54. The number of aromatic nitrogens is 3. The number of carbonyl (C=O) groups is 2. The number of carboxylic acids is 1. The van der Waals surface area contributed by atoms with Gasteiger partial charge in [-0.25, -0.2) is 4.79 Å². The first kappa shape index (κ1) is 14.8. The van der Waals surface area contributed by atoms with Crippen LogP contribution in [-0.4, -0.2) is 59.5 Å². The Kier molecular flexibility index (Phi) is 4.15. The molecule has 3 rings (SSSR count). The molecule has 1 aromatic heterocycles. The summed E-state index contributed by atoms with van der Waals surface area (Å²) in [4.78, 5) is 25.2. The maximum Gasteiger partial charge on any atom is 0.353 e. The van der Waals surface area contributed by atoms with Crippen molar-refractivity contribution in [1.82, 2.24) is 20.3 Å². The Morgan fingerprint density at radius 1 is 1.62 bits per heavy atom. The first-order chi connectivity index (χ1) is 10.1. The van der Waals surface area contributed by atoms with E-state index in [2.05, 4.69) is 15.4 Å². The minimum absolute atomic E-state index is 0.0659. The van der Waals surface area contributed by atoms with Crippen molar-refractivity contribution in [2.45, 2.75) is 16.4 Å². The number of carboxylic acid groups (broad SMARTS) is 1. The highest BCUT2D eigenvalue weighted by Gasteiger charge is 2.51. The normalized spacial score (nSPS) is 24.8. The molecule has 0 spiro atoms. The van der Waals surface area contributed by atoms with Gasteiger partial charge in [-0.2, -0.15) is 10.3 Å². The van der Waals surface area contributed by atoms with Crippen molar-refractivity contribution in [3.05, 3.63) is 16.8 Å². The van der Waals surface area contributed by atoms with Gasteiger partial charge >= 0.3 is 5.97 Å². The monoisotopic (exact) mass is 345 g/mol. The van der Waals surface area contributed by atoms with Crippen LogP contribution in [0.4, 0.5) is 0 Å². The number of hydrogen-bond donors (Lipinski definition) is 3. The third-order valence-corrected chi connectivity index (χ3v) is 6.61. The molecule has 11 heteroatoms. The average Bonchev–Trinajstić information content (AvgIpc) is 2.98. The van der Waals surface area contributed by atoms with Crippen LogP contribution in [0.1, 0.15) is 0 Å². The molecule has 0 saturated carbocycles. The highest BCUT2D eigenvalue weighted by atomic mass is 32.2. The van der Waals surface area contributed by atoms with Gasteiger partial charge in [-0.05, 0) is 0 Å². The number of aromatic amines is 1. The Morgan fingerprint density at radius 3 is 3.10 bits per heavy atom. The van der Waals surface area contributed by atoms with Crippen LogP contribution < -0.4 is 5.73 Å². The van der Waals surface area contributed by atoms with E-state index in [1.54, 1.807) is 6.20 Å². The predicted octanol–water partition coefficient (Wildman–Crippen LogP) is 0.126. The summed E-state index contributed by atoms with van der Waals surface area (Å²) in [5.41, 5.74) is 5.76. The van der Waals surface area contributed by atoms with Gasteiger partial charge in [0, 0.05) is 10.7 Å². The van der Waals surface area contributed by atoms with Gasteiger partial charge in [0.05, 0.1) is 11.3 Å². The fraction of sp³-hybridized carbons (Fsp3) is 0.400. The first-order valence-corrected chi connectivity index (χ1v) is 8.89. The van der Waals surface area contributed by atoms with Gasteiger partial charge in [0.25, 0.3) is 0 Å². The van der Waals surface area contributed by atoms with Gasteiger partial charge < -0.3 is 10.8 Å². The van der Waals surface area contributed by atoms with Crippen molar-refractivity contribution in [3.63, 3.8) is 0 Å². The molecule has 2 aliphatic heterocycles. The van der Waals surface area contributed by atoms with Gasteiger partial charge in [0.15, 0.2) is 0 Å². The number of fused-ring (bicyclic) bond motifs is 1. The minimum Gasteiger partial charge on any atom is -0.477 e. The van der Waals surface area contributed by atoms with Crippen LogP contribution in [0.3, 0.4) is 0 Å². The van der Waals surface area contributed by atoms with E-state index in [1.165, 1.54) is 40.2 Å². The maximum atomic E-state index is 11.8. The summed E-state index contributed by atoms with van der Waals surface area (Å²) in [5, 5.41) is 20.6. The third kappa shape index (κ3) is 2.65. The van der Waals surface area contributed by atoms with E-state index < -0.39 is 12.0 Å². The van der Waals surface area contributed by atoms with E-state index in [0.29, 0.717) is 15.7 Å². The second-order valence-electron chi connectivity index (χ2n) is 4.23. The van der Waals surface area contributed by atoms with Crippen LogP contribution in [0, 0.1) is 0 Å². The van der Waals surface area contributed by atoms with Crippen molar-refractivity contribution in [2.24, 2.45) is 5.73 Å². The van der Waals surface area contributed by atoms with Crippen LogP contribution >= 0.6 is 35.3 Å². The summed E-state index contributed by atoms with van der Waals surface area (Å²) < 4.78 is 0. The maximum absolute atomic E-state index is 11.8. The lowest BCUT2D eigenvalue weighted by molar-refractivity contribution is -0.147. The molecule has 3 heterocycles. The second-order valence-corrected chi connectivity index (χ2v) is 7.76. The number of carbonyl (C=O) groups excluding carboxylic acids is 1. The molecule has 0 bridgehead atoms. The molecule has 0 radical (unpaired) electrons. The summed E-state index contributed by atoms with van der Waals surface area (Å²) in [6.45, 7) is 0. The predicted molar refractivity (Wildman–Crippen MR) is 80.4 cm³/mol. The summed E-state index contributed by atoms with van der Waals surface area (Å²) in [5.74, 6) is -0.866. The minimum atomic E-state index is -1.09. The van der Waals surface area contributed by atoms with Crippen LogP contribution in [0.25, 0.3) is 0 Å². The number of β-lactam (4-membered cyclic amide) rings is 1. The molecule has 0 aromatic carbocycles. The summed E-state index contributed by atoms with van der Waals surface area (Å²) in [6, 6.07) is -0.597. The molecule has 112 valence electrons. The number of rotatable bonds is 5. The molecule has 1 unspecified atom stereocenters. The lowest BCUT2D eigenvalue weighted by atomic mass is 10.1. The van der Waals surface area contributed by atoms with Crippen molar-refractivity contribution >= 4 is 47.2 Å². The van der Waals surface area contributed by atoms with Crippen LogP contribution in [0.15, 0.2) is 21.8 Å². The van der Waals surface area contributed by atoms with Crippen molar-refractivity contribution in [1.29, 1.82) is 0 Å². The number of aliphatic carboxylic acids is 1. The van der Waals surface area contributed by atoms with E-state index in [4.69, 9.17) is 5.73 Å². The van der Waals surface area contributed by atoms with Gasteiger partial charge in [0.1, 0.15) is 22.1 Å². The van der Waals surface area contributed by atoms with E-state index in [0.717, 1.165) is 5.03 Å². The molecule has 1 saturated heterocycles. The van der Waals surface area contributed by atoms with Crippen LogP contribution in [-0.2, 0) is 9.59 Å². The zero-order valence-electron chi connectivity index (χ0n) is 10.6. The lowest BCUT2D eigenvalue weighted by Crippen LogP contribution is -2.68. The van der Waals surface area contributed by atoms with Crippen molar-refractivity contribution in [3.8, 4) is 0 Å². The summed E-state index contributed by atoms with van der Waals surface area (Å²) in [6.07, 6.45) is 1.60. The quantitative estimate of drug-likeness (QED) is 0.388. The highest BCUT2D eigenvalue weighted by molar-refractivity contribution is 8.18. The number of nitrogens with zero attached hydrogens (tertiary/aromatic N) is 3. The summed E-state index contributed by atoms with van der Waals surface area (Å²) >= 11 is 4.35. The SMILES string of the molecule is NC1C(=O)N2C(C(=O)O)=C(SCSc3cn[nH]n3)CS[C@@H]12. The smallest absolute Gasteiger partial charge is 0.353 e. The van der Waals surface area contributed by atoms with Crippen molar-refractivity contribution in [2.75, 3.05) is 10.8 Å². The second kappa shape index (κ2) is 5.91. The number of nitrogens with one attached hydrogen (secondary N) is 1. The molecular formula is C10H11N5O3S3. The lowest BCUT2D eigenvalue weighted by Gasteiger charge is -2.47. The third-order valence-electron chi connectivity index (χ3n) is 3.01. The molecule has 4 N–H and O–H groups in total. The Labute approximate surface area is 132 Å².